The zero-order valence-electron chi connectivity index (χ0n) is 12.4. The molecule has 0 amide bonds. The van der Waals surface area contributed by atoms with E-state index in [9.17, 15) is 0 Å². The van der Waals surface area contributed by atoms with E-state index in [-0.39, 0.29) is 0 Å². The summed E-state index contributed by atoms with van der Waals surface area (Å²) >= 11 is 0. The highest BCUT2D eigenvalue weighted by Crippen LogP contribution is 2.28. The number of benzene rings is 1. The molecule has 1 heterocycles. The SMILES string of the molecule is CC.CC.COc1cc2c(cc1C)CN(C)C2. The largest absolute Gasteiger partial charge is 0.496 e. The molecule has 17 heavy (non-hydrogen) atoms. The fourth-order valence-electron chi connectivity index (χ4n) is 1.94. The topological polar surface area (TPSA) is 12.5 Å². The third kappa shape index (κ3) is 4.04. The molecule has 2 rings (SSSR count). The Morgan fingerprint density at radius 2 is 1.47 bits per heavy atom. The number of ether oxygens (including phenoxy) is 1. The smallest absolute Gasteiger partial charge is 0.122 e. The van der Waals surface area contributed by atoms with E-state index in [0.717, 1.165) is 18.8 Å². The Kier molecular flexibility index (Phi) is 7.64. The Bertz CT molecular complexity index is 334. The van der Waals surface area contributed by atoms with E-state index in [1.54, 1.807) is 7.11 Å². The second-order valence-electron chi connectivity index (χ2n) is 3.76. The van der Waals surface area contributed by atoms with E-state index >= 15 is 0 Å². The van der Waals surface area contributed by atoms with Crippen molar-refractivity contribution in [3.05, 3.63) is 28.8 Å². The first-order chi connectivity index (χ1) is 8.20. The quantitative estimate of drug-likeness (QED) is 0.732. The highest BCUT2D eigenvalue weighted by atomic mass is 16.5. The van der Waals surface area contributed by atoms with Crippen molar-refractivity contribution in [2.75, 3.05) is 14.2 Å². The number of fused-ring (bicyclic) bond motifs is 1. The minimum atomic E-state index is 1.01. The van der Waals surface area contributed by atoms with Gasteiger partial charge in [-0.3, -0.25) is 4.90 Å². The lowest BCUT2D eigenvalue weighted by Gasteiger charge is -2.06. The van der Waals surface area contributed by atoms with Gasteiger partial charge in [-0.05, 0) is 36.7 Å². The maximum Gasteiger partial charge on any atom is 0.122 e. The molecule has 0 aromatic heterocycles. The summed E-state index contributed by atoms with van der Waals surface area (Å²) in [5.41, 5.74) is 4.09. The number of rotatable bonds is 1. The fraction of sp³-hybridized carbons (Fsp3) is 0.600. The molecule has 98 valence electrons. The molecule has 2 nitrogen and oxygen atoms in total. The lowest BCUT2D eigenvalue weighted by atomic mass is 10.1. The molecule has 0 saturated heterocycles. The first-order valence-corrected chi connectivity index (χ1v) is 6.55. The van der Waals surface area contributed by atoms with Crippen molar-refractivity contribution in [3.63, 3.8) is 0 Å². The maximum atomic E-state index is 5.29. The predicted molar refractivity (Wildman–Crippen MR) is 75.6 cm³/mol. The lowest BCUT2D eigenvalue weighted by Crippen LogP contribution is -2.07. The first-order valence-electron chi connectivity index (χ1n) is 6.55. The van der Waals surface area contributed by atoms with Crippen LogP contribution in [0.1, 0.15) is 44.4 Å². The molecule has 1 aliphatic rings. The number of methoxy groups -OCH3 is 1. The van der Waals surface area contributed by atoms with E-state index in [1.807, 2.05) is 27.7 Å². The standard InChI is InChI=1S/C11H15NO.2C2H6/c1-8-4-9-6-12(2)7-10(9)5-11(8)13-3;2*1-2/h4-5H,6-7H2,1-3H3;2*1-2H3. The van der Waals surface area contributed by atoms with Crippen molar-refractivity contribution in [1.29, 1.82) is 0 Å². The summed E-state index contributed by atoms with van der Waals surface area (Å²) in [6, 6.07) is 4.39. The summed E-state index contributed by atoms with van der Waals surface area (Å²) in [5, 5.41) is 0. The molecule has 0 fully saturated rings. The monoisotopic (exact) mass is 237 g/mol. The van der Waals surface area contributed by atoms with Crippen molar-refractivity contribution >= 4 is 0 Å². The van der Waals surface area contributed by atoms with Crippen molar-refractivity contribution < 1.29 is 4.74 Å². The van der Waals surface area contributed by atoms with Crippen molar-refractivity contribution in [1.82, 2.24) is 4.90 Å². The molecular weight excluding hydrogens is 210 g/mol. The molecule has 0 unspecified atom stereocenters. The Hall–Kier alpha value is -1.02. The van der Waals surface area contributed by atoms with Crippen molar-refractivity contribution in [3.8, 4) is 5.75 Å². The Labute approximate surface area is 107 Å². The zero-order valence-corrected chi connectivity index (χ0v) is 12.4. The van der Waals surface area contributed by atoms with Gasteiger partial charge in [0, 0.05) is 13.1 Å². The van der Waals surface area contributed by atoms with Crippen LogP contribution in [-0.2, 0) is 13.1 Å². The van der Waals surface area contributed by atoms with Crippen LogP contribution in [0.15, 0.2) is 12.1 Å². The minimum Gasteiger partial charge on any atom is -0.496 e. The van der Waals surface area contributed by atoms with Gasteiger partial charge in [0.25, 0.3) is 0 Å². The van der Waals surface area contributed by atoms with Gasteiger partial charge in [0.05, 0.1) is 7.11 Å². The van der Waals surface area contributed by atoms with Gasteiger partial charge >= 0.3 is 0 Å². The van der Waals surface area contributed by atoms with Crippen LogP contribution in [0.4, 0.5) is 0 Å². The van der Waals surface area contributed by atoms with Crippen LogP contribution in [0.3, 0.4) is 0 Å². The summed E-state index contributed by atoms with van der Waals surface area (Å²) in [5.74, 6) is 1.01. The molecule has 2 heteroatoms. The van der Waals surface area contributed by atoms with Crippen LogP contribution in [0.25, 0.3) is 0 Å². The first kappa shape index (κ1) is 16.0. The third-order valence-corrected chi connectivity index (χ3v) is 2.60. The molecule has 1 aromatic rings. The Morgan fingerprint density at radius 1 is 1.00 bits per heavy atom. The van der Waals surface area contributed by atoms with E-state index in [2.05, 4.69) is 31.0 Å². The maximum absolute atomic E-state index is 5.29. The molecule has 0 saturated carbocycles. The molecule has 1 aliphatic heterocycles. The molecule has 0 atom stereocenters. The van der Waals surface area contributed by atoms with E-state index in [4.69, 9.17) is 4.74 Å². The Morgan fingerprint density at radius 3 is 1.94 bits per heavy atom. The number of hydrogen-bond donors (Lipinski definition) is 0. The van der Waals surface area contributed by atoms with Gasteiger partial charge in [-0.15, -0.1) is 0 Å². The van der Waals surface area contributed by atoms with Crippen LogP contribution < -0.4 is 4.74 Å². The summed E-state index contributed by atoms with van der Waals surface area (Å²) in [7, 11) is 3.87. The van der Waals surface area contributed by atoms with Gasteiger partial charge < -0.3 is 4.74 Å². The third-order valence-electron chi connectivity index (χ3n) is 2.60. The van der Waals surface area contributed by atoms with Crippen LogP contribution in [0.2, 0.25) is 0 Å². The molecule has 0 spiro atoms. The predicted octanol–water partition coefficient (Wildman–Crippen LogP) is 4.00. The Balaban J connectivity index is 0.000000581. The van der Waals surface area contributed by atoms with Gasteiger partial charge in [0.1, 0.15) is 5.75 Å². The second-order valence-corrected chi connectivity index (χ2v) is 3.76. The summed E-state index contributed by atoms with van der Waals surface area (Å²) in [6.07, 6.45) is 0. The molecule has 0 radical (unpaired) electrons. The normalized spacial score (nSPS) is 12.9. The molecular formula is C15H27NO. The van der Waals surface area contributed by atoms with Crippen LogP contribution in [0.5, 0.6) is 5.75 Å². The fourth-order valence-corrected chi connectivity index (χ4v) is 1.94. The summed E-state index contributed by atoms with van der Waals surface area (Å²) in [6.45, 7) is 12.2. The number of hydrogen-bond acceptors (Lipinski definition) is 2. The van der Waals surface area contributed by atoms with Gasteiger partial charge in [-0.1, -0.05) is 33.8 Å². The van der Waals surface area contributed by atoms with Crippen LogP contribution >= 0.6 is 0 Å². The summed E-state index contributed by atoms with van der Waals surface area (Å²) in [4.78, 5) is 2.31. The number of aryl methyl sites for hydroxylation is 1. The molecule has 1 aromatic carbocycles. The molecule has 0 N–H and O–H groups in total. The van der Waals surface area contributed by atoms with Crippen molar-refractivity contribution in [2.45, 2.75) is 47.7 Å². The van der Waals surface area contributed by atoms with Gasteiger partial charge in [-0.25, -0.2) is 0 Å². The van der Waals surface area contributed by atoms with E-state index in [0.29, 0.717) is 0 Å². The van der Waals surface area contributed by atoms with Gasteiger partial charge in [-0.2, -0.15) is 0 Å². The summed E-state index contributed by atoms with van der Waals surface area (Å²) < 4.78 is 5.29. The lowest BCUT2D eigenvalue weighted by molar-refractivity contribution is 0.353. The second kappa shape index (κ2) is 8.13. The highest BCUT2D eigenvalue weighted by Gasteiger charge is 2.16. The van der Waals surface area contributed by atoms with Crippen LogP contribution in [-0.4, -0.2) is 19.1 Å². The average Bonchev–Trinajstić information content (AvgIpc) is 2.72. The zero-order chi connectivity index (χ0) is 13.4. The van der Waals surface area contributed by atoms with Gasteiger partial charge in [0.15, 0.2) is 0 Å². The van der Waals surface area contributed by atoms with E-state index in [1.165, 1.54) is 16.7 Å². The van der Waals surface area contributed by atoms with Crippen LogP contribution in [0, 0.1) is 6.92 Å². The molecule has 0 bridgehead atoms. The number of nitrogens with zero attached hydrogens (tertiary/aromatic N) is 1. The van der Waals surface area contributed by atoms with Gasteiger partial charge in [0.2, 0.25) is 0 Å². The highest BCUT2D eigenvalue weighted by molar-refractivity contribution is 5.43. The van der Waals surface area contributed by atoms with E-state index < -0.39 is 0 Å². The van der Waals surface area contributed by atoms with Crippen molar-refractivity contribution in [2.24, 2.45) is 0 Å². The molecule has 0 aliphatic carbocycles. The average molecular weight is 237 g/mol. The minimum absolute atomic E-state index is 1.01.